The fourth-order valence-electron chi connectivity index (χ4n) is 1.94. The molecule has 0 aliphatic rings. The first-order chi connectivity index (χ1) is 10.5. The monoisotopic (exact) mass is 298 g/mol. The quantitative estimate of drug-likeness (QED) is 0.493. The van der Waals surface area contributed by atoms with Gasteiger partial charge in [0.1, 0.15) is 11.5 Å². The molecule has 2 aromatic rings. The maximum atomic E-state index is 12.7. The van der Waals surface area contributed by atoms with Gasteiger partial charge in [0.2, 0.25) is 5.78 Å². The van der Waals surface area contributed by atoms with Crippen LogP contribution in [0.5, 0.6) is 11.5 Å². The zero-order valence-electron chi connectivity index (χ0n) is 12.2. The average molecular weight is 298 g/mol. The fourth-order valence-corrected chi connectivity index (χ4v) is 1.94. The van der Waals surface area contributed by atoms with E-state index in [2.05, 4.69) is 0 Å². The molecule has 5 heteroatoms. The molecule has 0 saturated carbocycles. The van der Waals surface area contributed by atoms with Crippen molar-refractivity contribution in [1.29, 1.82) is 0 Å². The molecule has 0 aliphatic heterocycles. The minimum Gasteiger partial charge on any atom is -0.426 e. The van der Waals surface area contributed by atoms with Crippen molar-refractivity contribution in [2.75, 3.05) is 0 Å². The van der Waals surface area contributed by atoms with Gasteiger partial charge in [-0.3, -0.25) is 14.4 Å². The lowest BCUT2D eigenvalue weighted by molar-refractivity contribution is -0.132. The predicted octanol–water partition coefficient (Wildman–Crippen LogP) is 2.77. The van der Waals surface area contributed by atoms with Crippen LogP contribution in [0.15, 0.2) is 48.5 Å². The topological polar surface area (TPSA) is 69.7 Å². The molecule has 0 aromatic heterocycles. The predicted molar refractivity (Wildman–Crippen MR) is 78.9 cm³/mol. The van der Waals surface area contributed by atoms with Crippen molar-refractivity contribution in [2.24, 2.45) is 0 Å². The van der Waals surface area contributed by atoms with Gasteiger partial charge in [-0.05, 0) is 24.3 Å². The summed E-state index contributed by atoms with van der Waals surface area (Å²) < 4.78 is 10.1. The first-order valence-corrected chi connectivity index (χ1v) is 6.58. The van der Waals surface area contributed by atoms with Crippen LogP contribution in [0.2, 0.25) is 0 Å². The third-order valence-electron chi connectivity index (χ3n) is 2.77. The number of hydrogen-bond donors (Lipinski definition) is 0. The van der Waals surface area contributed by atoms with Crippen LogP contribution >= 0.6 is 0 Å². The molecular weight excluding hydrogens is 284 g/mol. The van der Waals surface area contributed by atoms with E-state index in [-0.39, 0.29) is 22.6 Å². The maximum absolute atomic E-state index is 12.7. The standard InChI is InChI=1S/C17H14O5/c1-11(18)21-15-9-5-3-7-13(15)17(20)14-8-4-6-10-16(14)22-12(2)19/h3-10H,1-2H3. The number of ketones is 1. The van der Waals surface area contributed by atoms with Gasteiger partial charge in [0, 0.05) is 13.8 Å². The van der Waals surface area contributed by atoms with Crippen LogP contribution < -0.4 is 9.47 Å². The van der Waals surface area contributed by atoms with Crippen LogP contribution in [0, 0.1) is 0 Å². The number of rotatable bonds is 4. The molecule has 0 bridgehead atoms. The number of esters is 2. The molecular formula is C17H14O5. The Morgan fingerprint density at radius 1 is 0.682 bits per heavy atom. The summed E-state index contributed by atoms with van der Waals surface area (Å²) in [5, 5.41) is 0. The third kappa shape index (κ3) is 3.58. The molecule has 0 unspecified atom stereocenters. The fraction of sp³-hybridized carbons (Fsp3) is 0.118. The number of ether oxygens (including phenoxy) is 2. The van der Waals surface area contributed by atoms with E-state index in [9.17, 15) is 14.4 Å². The van der Waals surface area contributed by atoms with Crippen LogP contribution in [0.25, 0.3) is 0 Å². The summed E-state index contributed by atoms with van der Waals surface area (Å²) in [7, 11) is 0. The Kier molecular flexibility index (Phi) is 4.68. The van der Waals surface area contributed by atoms with Crippen molar-refractivity contribution in [3.8, 4) is 11.5 Å². The second kappa shape index (κ2) is 6.67. The summed E-state index contributed by atoms with van der Waals surface area (Å²) in [6, 6.07) is 12.8. The van der Waals surface area contributed by atoms with Crippen LogP contribution in [0.4, 0.5) is 0 Å². The van der Waals surface area contributed by atoms with Crippen molar-refractivity contribution in [3.05, 3.63) is 59.7 Å². The Morgan fingerprint density at radius 3 is 1.41 bits per heavy atom. The molecule has 0 aliphatic carbocycles. The zero-order valence-corrected chi connectivity index (χ0v) is 12.2. The highest BCUT2D eigenvalue weighted by Gasteiger charge is 2.19. The second-order valence-electron chi connectivity index (χ2n) is 4.51. The van der Waals surface area contributed by atoms with Crippen LogP contribution in [-0.4, -0.2) is 17.7 Å². The van der Waals surface area contributed by atoms with Crippen LogP contribution in [0.1, 0.15) is 29.8 Å². The summed E-state index contributed by atoms with van der Waals surface area (Å²) in [6.07, 6.45) is 0. The Labute approximate surface area is 127 Å². The summed E-state index contributed by atoms with van der Waals surface area (Å²) in [5.74, 6) is -1.11. The van der Waals surface area contributed by atoms with E-state index >= 15 is 0 Å². The summed E-state index contributed by atoms with van der Waals surface area (Å²) in [5.41, 5.74) is 0.439. The normalized spacial score (nSPS) is 9.91. The van der Waals surface area contributed by atoms with Crippen LogP contribution in [-0.2, 0) is 9.59 Å². The SMILES string of the molecule is CC(=O)Oc1ccccc1C(=O)c1ccccc1OC(C)=O. The molecule has 2 aromatic carbocycles. The van der Waals surface area contributed by atoms with E-state index < -0.39 is 17.7 Å². The van der Waals surface area contributed by atoms with Gasteiger partial charge in [-0.25, -0.2) is 0 Å². The van der Waals surface area contributed by atoms with Crippen molar-refractivity contribution in [1.82, 2.24) is 0 Å². The Morgan fingerprint density at radius 2 is 1.05 bits per heavy atom. The summed E-state index contributed by atoms with van der Waals surface area (Å²) in [6.45, 7) is 2.52. The molecule has 2 rings (SSSR count). The molecule has 0 heterocycles. The molecule has 0 radical (unpaired) electrons. The second-order valence-corrected chi connectivity index (χ2v) is 4.51. The van der Waals surface area contributed by atoms with Gasteiger partial charge < -0.3 is 9.47 Å². The number of benzene rings is 2. The minimum atomic E-state index is -0.520. The lowest BCUT2D eigenvalue weighted by Gasteiger charge is -2.10. The molecule has 0 amide bonds. The van der Waals surface area contributed by atoms with Crippen molar-refractivity contribution in [3.63, 3.8) is 0 Å². The lowest BCUT2D eigenvalue weighted by Crippen LogP contribution is -2.11. The molecule has 112 valence electrons. The first-order valence-electron chi connectivity index (χ1n) is 6.58. The minimum absolute atomic E-state index is 0.164. The van der Waals surface area contributed by atoms with Crippen molar-refractivity contribution in [2.45, 2.75) is 13.8 Å². The highest BCUT2D eigenvalue weighted by atomic mass is 16.5. The molecule has 22 heavy (non-hydrogen) atoms. The van der Waals surface area contributed by atoms with Gasteiger partial charge >= 0.3 is 11.9 Å². The van der Waals surface area contributed by atoms with Gasteiger partial charge in [0.05, 0.1) is 11.1 Å². The van der Waals surface area contributed by atoms with Gasteiger partial charge in [-0.2, -0.15) is 0 Å². The largest absolute Gasteiger partial charge is 0.426 e. The number of carbonyl (C=O) groups excluding carboxylic acids is 3. The van der Waals surface area contributed by atoms with Crippen molar-refractivity contribution >= 4 is 17.7 Å². The van der Waals surface area contributed by atoms with Gasteiger partial charge in [0.25, 0.3) is 0 Å². The van der Waals surface area contributed by atoms with E-state index in [1.165, 1.54) is 26.0 Å². The van der Waals surface area contributed by atoms with Crippen LogP contribution in [0.3, 0.4) is 0 Å². The average Bonchev–Trinajstić information content (AvgIpc) is 2.46. The zero-order chi connectivity index (χ0) is 16.1. The summed E-state index contributed by atoms with van der Waals surface area (Å²) >= 11 is 0. The molecule has 0 spiro atoms. The van der Waals surface area contributed by atoms with Gasteiger partial charge in [0.15, 0.2) is 0 Å². The van der Waals surface area contributed by atoms with Gasteiger partial charge in [-0.15, -0.1) is 0 Å². The van der Waals surface area contributed by atoms with E-state index in [0.29, 0.717) is 0 Å². The summed E-state index contributed by atoms with van der Waals surface area (Å²) in [4.78, 5) is 34.9. The lowest BCUT2D eigenvalue weighted by atomic mass is 10.0. The molecule has 0 N–H and O–H groups in total. The van der Waals surface area contributed by atoms with Gasteiger partial charge in [-0.1, -0.05) is 24.3 Å². The highest BCUT2D eigenvalue weighted by Crippen LogP contribution is 2.26. The third-order valence-corrected chi connectivity index (χ3v) is 2.77. The number of carbonyl (C=O) groups is 3. The molecule has 0 saturated heterocycles. The van der Waals surface area contributed by atoms with E-state index in [1.54, 1.807) is 36.4 Å². The van der Waals surface area contributed by atoms with E-state index in [0.717, 1.165) is 0 Å². The maximum Gasteiger partial charge on any atom is 0.308 e. The molecule has 0 fully saturated rings. The van der Waals surface area contributed by atoms with E-state index in [1.807, 2.05) is 0 Å². The Hall–Kier alpha value is -2.95. The number of hydrogen-bond acceptors (Lipinski definition) is 5. The first kappa shape index (κ1) is 15.4. The van der Waals surface area contributed by atoms with E-state index in [4.69, 9.17) is 9.47 Å². The number of para-hydroxylation sites is 2. The molecule has 0 atom stereocenters. The van der Waals surface area contributed by atoms with Crippen molar-refractivity contribution < 1.29 is 23.9 Å². The molecule has 5 nitrogen and oxygen atoms in total. The highest BCUT2D eigenvalue weighted by molar-refractivity contribution is 6.12. The Balaban J connectivity index is 2.45. The smallest absolute Gasteiger partial charge is 0.308 e. The Bertz CT molecular complexity index is 672.